The van der Waals surface area contributed by atoms with Gasteiger partial charge in [0.25, 0.3) is 0 Å². The van der Waals surface area contributed by atoms with Crippen LogP contribution in [0.3, 0.4) is 0 Å². The highest BCUT2D eigenvalue weighted by molar-refractivity contribution is 9.10. The quantitative estimate of drug-likeness (QED) is 0.584. The molecule has 0 unspecified atom stereocenters. The Balaban J connectivity index is 2.05. The molecular formula is C17H15BrO2. The van der Waals surface area contributed by atoms with Crippen LogP contribution >= 0.6 is 15.9 Å². The zero-order valence-electron chi connectivity index (χ0n) is 11.2. The van der Waals surface area contributed by atoms with Crippen molar-refractivity contribution in [2.75, 3.05) is 6.61 Å². The van der Waals surface area contributed by atoms with E-state index in [9.17, 15) is 4.79 Å². The van der Waals surface area contributed by atoms with Crippen molar-refractivity contribution >= 4 is 27.8 Å². The van der Waals surface area contributed by atoms with E-state index in [0.29, 0.717) is 12.2 Å². The number of carbonyl (C=O) groups excluding carboxylic acids is 1. The van der Waals surface area contributed by atoms with Crippen molar-refractivity contribution in [2.24, 2.45) is 0 Å². The zero-order valence-corrected chi connectivity index (χ0v) is 12.8. The Labute approximate surface area is 127 Å². The van der Waals surface area contributed by atoms with Crippen LogP contribution in [0.25, 0.3) is 6.08 Å². The fourth-order valence-electron chi connectivity index (χ4n) is 1.72. The van der Waals surface area contributed by atoms with Gasteiger partial charge in [0, 0.05) is 10.0 Å². The Morgan fingerprint density at radius 2 is 1.75 bits per heavy atom. The molecule has 0 N–H and O–H groups in total. The van der Waals surface area contributed by atoms with Crippen LogP contribution in [-0.2, 0) is 0 Å². The molecule has 3 heteroatoms. The molecule has 2 aromatic rings. The van der Waals surface area contributed by atoms with Crippen LogP contribution in [0.15, 0.2) is 59.1 Å². The molecule has 0 aliphatic rings. The molecule has 0 bridgehead atoms. The molecule has 0 saturated heterocycles. The van der Waals surface area contributed by atoms with Crippen LogP contribution in [0.5, 0.6) is 5.75 Å². The first kappa shape index (κ1) is 14.5. The smallest absolute Gasteiger partial charge is 0.185 e. The minimum atomic E-state index is -0.0176. The number of hydrogen-bond donors (Lipinski definition) is 0. The molecule has 0 spiro atoms. The normalized spacial score (nSPS) is 10.7. The molecule has 102 valence electrons. The van der Waals surface area contributed by atoms with Crippen molar-refractivity contribution in [3.63, 3.8) is 0 Å². The Morgan fingerprint density at radius 3 is 2.35 bits per heavy atom. The molecule has 0 aromatic heterocycles. The first-order chi connectivity index (χ1) is 9.69. The third kappa shape index (κ3) is 4.07. The van der Waals surface area contributed by atoms with Crippen molar-refractivity contribution < 1.29 is 9.53 Å². The van der Waals surface area contributed by atoms with Crippen LogP contribution in [0.1, 0.15) is 22.8 Å². The van der Waals surface area contributed by atoms with Gasteiger partial charge >= 0.3 is 0 Å². The summed E-state index contributed by atoms with van der Waals surface area (Å²) in [6.45, 7) is 2.55. The number of carbonyl (C=O) groups is 1. The number of halogens is 1. The maximum Gasteiger partial charge on any atom is 0.185 e. The van der Waals surface area contributed by atoms with Gasteiger partial charge in [-0.15, -0.1) is 0 Å². The van der Waals surface area contributed by atoms with Gasteiger partial charge < -0.3 is 4.74 Å². The maximum absolute atomic E-state index is 12.0. The van der Waals surface area contributed by atoms with Crippen molar-refractivity contribution in [1.82, 2.24) is 0 Å². The van der Waals surface area contributed by atoms with E-state index < -0.39 is 0 Å². The molecule has 2 nitrogen and oxygen atoms in total. The fraction of sp³-hybridized carbons (Fsp3) is 0.118. The summed E-state index contributed by atoms with van der Waals surface area (Å²) in [5, 5.41) is 0. The average molecular weight is 331 g/mol. The van der Waals surface area contributed by atoms with E-state index in [4.69, 9.17) is 4.74 Å². The lowest BCUT2D eigenvalue weighted by Gasteiger charge is -2.02. The molecule has 0 atom stereocenters. The van der Waals surface area contributed by atoms with Gasteiger partial charge in [-0.2, -0.15) is 0 Å². The van der Waals surface area contributed by atoms with Crippen LogP contribution in [0.4, 0.5) is 0 Å². The van der Waals surface area contributed by atoms with Crippen molar-refractivity contribution in [3.8, 4) is 5.75 Å². The molecule has 0 aliphatic heterocycles. The van der Waals surface area contributed by atoms with Gasteiger partial charge in [-0.3, -0.25) is 4.79 Å². The largest absolute Gasteiger partial charge is 0.494 e. The number of rotatable bonds is 5. The molecule has 2 rings (SSSR count). The van der Waals surface area contributed by atoms with Crippen LogP contribution in [-0.4, -0.2) is 12.4 Å². The molecule has 0 amide bonds. The summed E-state index contributed by atoms with van der Waals surface area (Å²) in [5.74, 6) is 0.761. The minimum absolute atomic E-state index is 0.0176. The van der Waals surface area contributed by atoms with Gasteiger partial charge in [-0.25, -0.2) is 0 Å². The average Bonchev–Trinajstić information content (AvgIpc) is 2.47. The van der Waals surface area contributed by atoms with E-state index in [0.717, 1.165) is 15.8 Å². The Morgan fingerprint density at radius 1 is 1.10 bits per heavy atom. The van der Waals surface area contributed by atoms with E-state index in [1.165, 1.54) is 0 Å². The summed E-state index contributed by atoms with van der Waals surface area (Å²) >= 11 is 3.38. The predicted octanol–water partition coefficient (Wildman–Crippen LogP) is 4.74. The standard InChI is InChI=1S/C17H15BrO2/c1-2-20-16-10-6-14(7-11-16)17(19)12-5-13-3-8-15(18)9-4-13/h3-12H,2H2,1H3/b12-5+. The molecule has 0 aliphatic carbocycles. The number of benzene rings is 2. The third-order valence-electron chi connectivity index (χ3n) is 2.75. The summed E-state index contributed by atoms with van der Waals surface area (Å²) in [6, 6.07) is 15.0. The second kappa shape index (κ2) is 7.06. The van der Waals surface area contributed by atoms with Crippen LogP contribution in [0.2, 0.25) is 0 Å². The van der Waals surface area contributed by atoms with Gasteiger partial charge in [0.05, 0.1) is 6.61 Å². The van der Waals surface area contributed by atoms with Gasteiger partial charge in [0.15, 0.2) is 5.78 Å². The molecule has 0 fully saturated rings. The summed E-state index contributed by atoms with van der Waals surface area (Å²) in [6.07, 6.45) is 3.39. The van der Waals surface area contributed by atoms with E-state index in [-0.39, 0.29) is 5.78 Å². The SMILES string of the molecule is CCOc1ccc(C(=O)/C=C/c2ccc(Br)cc2)cc1. The first-order valence-corrected chi connectivity index (χ1v) is 7.19. The van der Waals surface area contributed by atoms with E-state index in [2.05, 4.69) is 15.9 Å². The Kier molecular flexibility index (Phi) is 5.13. The van der Waals surface area contributed by atoms with Crippen molar-refractivity contribution in [1.29, 1.82) is 0 Å². The lowest BCUT2D eigenvalue weighted by Crippen LogP contribution is -1.95. The number of ether oxygens (including phenoxy) is 1. The van der Waals surface area contributed by atoms with E-state index >= 15 is 0 Å². The summed E-state index contributed by atoms with van der Waals surface area (Å²) in [4.78, 5) is 12.0. The molecule has 0 radical (unpaired) electrons. The van der Waals surface area contributed by atoms with Crippen molar-refractivity contribution in [3.05, 3.63) is 70.2 Å². The third-order valence-corrected chi connectivity index (χ3v) is 3.28. The maximum atomic E-state index is 12.0. The minimum Gasteiger partial charge on any atom is -0.494 e. The predicted molar refractivity (Wildman–Crippen MR) is 85.1 cm³/mol. The van der Waals surface area contributed by atoms with Crippen molar-refractivity contribution in [2.45, 2.75) is 6.92 Å². The Bertz CT molecular complexity index is 598. The number of hydrogen-bond acceptors (Lipinski definition) is 2. The summed E-state index contributed by atoms with van der Waals surface area (Å²) < 4.78 is 6.37. The lowest BCUT2D eigenvalue weighted by molar-refractivity contribution is 0.104. The van der Waals surface area contributed by atoms with Crippen LogP contribution in [0, 0.1) is 0 Å². The fourth-order valence-corrected chi connectivity index (χ4v) is 1.99. The van der Waals surface area contributed by atoms with E-state index in [1.807, 2.05) is 49.4 Å². The topological polar surface area (TPSA) is 26.3 Å². The number of ketones is 1. The van der Waals surface area contributed by atoms with E-state index in [1.54, 1.807) is 18.2 Å². The summed E-state index contributed by atoms with van der Waals surface area (Å²) in [7, 11) is 0. The van der Waals surface area contributed by atoms with Crippen LogP contribution < -0.4 is 4.74 Å². The highest BCUT2D eigenvalue weighted by atomic mass is 79.9. The monoisotopic (exact) mass is 330 g/mol. The second-order valence-corrected chi connectivity index (χ2v) is 5.12. The van der Waals surface area contributed by atoms with Gasteiger partial charge in [0.2, 0.25) is 0 Å². The number of allylic oxidation sites excluding steroid dienone is 1. The molecule has 0 saturated carbocycles. The van der Waals surface area contributed by atoms with Gasteiger partial charge in [0.1, 0.15) is 5.75 Å². The highest BCUT2D eigenvalue weighted by Gasteiger charge is 2.01. The zero-order chi connectivity index (χ0) is 14.4. The highest BCUT2D eigenvalue weighted by Crippen LogP contribution is 2.14. The van der Waals surface area contributed by atoms with Gasteiger partial charge in [-0.05, 0) is 55.0 Å². The second-order valence-electron chi connectivity index (χ2n) is 4.21. The molecule has 20 heavy (non-hydrogen) atoms. The Hall–Kier alpha value is -1.87. The molecule has 2 aromatic carbocycles. The molecule has 0 heterocycles. The van der Waals surface area contributed by atoms with Gasteiger partial charge in [-0.1, -0.05) is 34.1 Å². The lowest BCUT2D eigenvalue weighted by atomic mass is 10.1. The first-order valence-electron chi connectivity index (χ1n) is 6.40. The molecular weight excluding hydrogens is 316 g/mol. The summed E-state index contributed by atoms with van der Waals surface area (Å²) in [5.41, 5.74) is 1.65.